The number of rotatable bonds is 0. The van der Waals surface area contributed by atoms with E-state index in [1.165, 1.54) is 0 Å². The molecule has 0 unspecified atom stereocenters. The molecule has 0 fully saturated rings. The molecule has 0 saturated heterocycles. The van der Waals surface area contributed by atoms with Gasteiger partial charge in [0.05, 0.1) is 11.2 Å². The van der Waals surface area contributed by atoms with Gasteiger partial charge in [-0.3, -0.25) is 0 Å². The van der Waals surface area contributed by atoms with Crippen molar-refractivity contribution in [3.05, 3.63) is 30.0 Å². The summed E-state index contributed by atoms with van der Waals surface area (Å²) in [5.74, 6) is 0. The molecule has 0 spiro atoms. The Morgan fingerprint density at radius 1 is 1.36 bits per heavy atom. The van der Waals surface area contributed by atoms with Crippen molar-refractivity contribution >= 4 is 10.9 Å². The quantitative estimate of drug-likeness (QED) is 0.576. The predicted molar refractivity (Wildman–Crippen MR) is 41.7 cm³/mol. The van der Waals surface area contributed by atoms with Gasteiger partial charge in [-0.2, -0.15) is 0 Å². The smallest absolute Gasteiger partial charge is 0.0961 e. The van der Waals surface area contributed by atoms with Crippen molar-refractivity contribution in [2.24, 2.45) is 0 Å². The van der Waals surface area contributed by atoms with E-state index in [-0.39, 0.29) is 0 Å². The molecule has 2 rings (SSSR count). The first-order valence-corrected chi connectivity index (χ1v) is 3.42. The van der Waals surface area contributed by atoms with E-state index in [1.807, 2.05) is 31.2 Å². The number of benzene rings is 1. The Kier molecular flexibility index (Phi) is 1.12. The average molecular weight is 148 g/mol. The molecule has 3 nitrogen and oxygen atoms in total. The summed E-state index contributed by atoms with van der Waals surface area (Å²) in [6.45, 7) is 1.83. The van der Waals surface area contributed by atoms with E-state index in [4.69, 9.17) is 5.21 Å². The van der Waals surface area contributed by atoms with Crippen molar-refractivity contribution in [3.8, 4) is 0 Å². The molecule has 0 radical (unpaired) electrons. The van der Waals surface area contributed by atoms with Crippen LogP contribution in [0.2, 0.25) is 0 Å². The summed E-state index contributed by atoms with van der Waals surface area (Å²) in [5.41, 5.74) is 1.60. The maximum absolute atomic E-state index is 9.15. The third-order valence-electron chi connectivity index (χ3n) is 1.80. The highest BCUT2D eigenvalue weighted by molar-refractivity contribution is 5.80. The summed E-state index contributed by atoms with van der Waals surface area (Å²) in [6, 6.07) is 7.63. The first-order chi connectivity index (χ1) is 5.29. The van der Waals surface area contributed by atoms with Crippen molar-refractivity contribution in [1.82, 2.24) is 9.94 Å². The van der Waals surface area contributed by atoms with Crippen LogP contribution in [0.15, 0.2) is 24.3 Å². The zero-order valence-corrected chi connectivity index (χ0v) is 6.15. The van der Waals surface area contributed by atoms with E-state index in [0.29, 0.717) is 0 Å². The maximum atomic E-state index is 9.15. The summed E-state index contributed by atoms with van der Waals surface area (Å²) >= 11 is 0. The second kappa shape index (κ2) is 1.99. The summed E-state index contributed by atoms with van der Waals surface area (Å²) in [7, 11) is 0. The highest BCUT2D eigenvalue weighted by atomic mass is 16.5. The fraction of sp³-hybridized carbons (Fsp3) is 0.125. The van der Waals surface area contributed by atoms with E-state index in [2.05, 4.69) is 5.10 Å². The van der Waals surface area contributed by atoms with E-state index < -0.39 is 0 Å². The van der Waals surface area contributed by atoms with Gasteiger partial charge in [-0.05, 0) is 13.0 Å². The monoisotopic (exact) mass is 148 g/mol. The van der Waals surface area contributed by atoms with Crippen molar-refractivity contribution in [1.29, 1.82) is 0 Å². The number of hydrogen-bond acceptors (Lipinski definition) is 2. The molecule has 1 heterocycles. The standard InChI is InChI=1S/C8H8N2O/c1-6-7-4-2-3-5-8(7)9-10(6)11/h2-5,11H,1H3. The van der Waals surface area contributed by atoms with Crippen LogP contribution in [0.5, 0.6) is 0 Å². The lowest BCUT2D eigenvalue weighted by atomic mass is 10.2. The molecule has 1 N–H and O–H groups in total. The lowest BCUT2D eigenvalue weighted by Gasteiger charge is -1.88. The van der Waals surface area contributed by atoms with Crippen LogP contribution in [0.3, 0.4) is 0 Å². The van der Waals surface area contributed by atoms with E-state index in [1.54, 1.807) is 0 Å². The molecule has 0 bridgehead atoms. The van der Waals surface area contributed by atoms with Gasteiger partial charge in [0.1, 0.15) is 0 Å². The minimum atomic E-state index is 0.778. The number of nitrogens with zero attached hydrogens (tertiary/aromatic N) is 2. The molecular formula is C8H8N2O. The van der Waals surface area contributed by atoms with Crippen molar-refractivity contribution in [3.63, 3.8) is 0 Å². The lowest BCUT2D eigenvalue weighted by molar-refractivity contribution is 0.145. The molecule has 0 aliphatic carbocycles. The third kappa shape index (κ3) is 0.774. The second-order valence-corrected chi connectivity index (χ2v) is 2.49. The Bertz CT molecular complexity index is 392. The second-order valence-electron chi connectivity index (χ2n) is 2.49. The van der Waals surface area contributed by atoms with E-state index >= 15 is 0 Å². The summed E-state index contributed by atoms with van der Waals surface area (Å²) in [4.78, 5) is 0.907. The molecule has 0 aliphatic rings. The maximum Gasteiger partial charge on any atom is 0.0961 e. The Labute approximate surface area is 63.8 Å². The SMILES string of the molecule is Cc1c2ccccc2nn1O. The minimum absolute atomic E-state index is 0.778. The first kappa shape index (κ1) is 6.22. The van der Waals surface area contributed by atoms with Crippen molar-refractivity contribution < 1.29 is 5.21 Å². The van der Waals surface area contributed by atoms with E-state index in [0.717, 1.165) is 21.4 Å². The highest BCUT2D eigenvalue weighted by Crippen LogP contribution is 2.14. The summed E-state index contributed by atoms with van der Waals surface area (Å²) in [5, 5.41) is 14.0. The summed E-state index contributed by atoms with van der Waals surface area (Å²) < 4.78 is 0. The predicted octanol–water partition coefficient (Wildman–Crippen LogP) is 1.58. The molecule has 2 aromatic rings. The zero-order valence-electron chi connectivity index (χ0n) is 6.15. The number of fused-ring (bicyclic) bond motifs is 1. The molecule has 0 saturated carbocycles. The number of aromatic nitrogens is 2. The Hall–Kier alpha value is -1.51. The van der Waals surface area contributed by atoms with E-state index in [9.17, 15) is 0 Å². The molecule has 11 heavy (non-hydrogen) atoms. The molecule has 0 aliphatic heterocycles. The van der Waals surface area contributed by atoms with Gasteiger partial charge < -0.3 is 5.21 Å². The van der Waals surface area contributed by atoms with Crippen molar-refractivity contribution in [2.75, 3.05) is 0 Å². The van der Waals surface area contributed by atoms with Crippen LogP contribution in [0, 0.1) is 6.92 Å². The first-order valence-electron chi connectivity index (χ1n) is 3.42. The molecule has 1 aromatic carbocycles. The molecule has 56 valence electrons. The zero-order chi connectivity index (χ0) is 7.84. The van der Waals surface area contributed by atoms with Crippen LogP contribution in [0.25, 0.3) is 10.9 Å². The molecule has 1 aromatic heterocycles. The highest BCUT2D eigenvalue weighted by Gasteiger charge is 2.02. The number of hydrogen-bond donors (Lipinski definition) is 1. The largest absolute Gasteiger partial charge is 0.411 e. The minimum Gasteiger partial charge on any atom is -0.411 e. The molecule has 0 amide bonds. The van der Waals surface area contributed by atoms with Gasteiger partial charge in [0.25, 0.3) is 0 Å². The lowest BCUT2D eigenvalue weighted by Crippen LogP contribution is -1.93. The Morgan fingerprint density at radius 3 is 2.82 bits per heavy atom. The van der Waals surface area contributed by atoms with Gasteiger partial charge in [0.15, 0.2) is 0 Å². The number of aryl methyl sites for hydroxylation is 1. The fourth-order valence-electron chi connectivity index (χ4n) is 1.15. The van der Waals surface area contributed by atoms with Crippen LogP contribution >= 0.6 is 0 Å². The van der Waals surface area contributed by atoms with Crippen LogP contribution in [0.4, 0.5) is 0 Å². The molecule has 0 atom stereocenters. The van der Waals surface area contributed by atoms with Gasteiger partial charge in [-0.25, -0.2) is 0 Å². The van der Waals surface area contributed by atoms with Crippen molar-refractivity contribution in [2.45, 2.75) is 6.92 Å². The van der Waals surface area contributed by atoms with Crippen LogP contribution < -0.4 is 0 Å². The van der Waals surface area contributed by atoms with Crippen LogP contribution in [0.1, 0.15) is 5.69 Å². The normalized spacial score (nSPS) is 10.6. The van der Waals surface area contributed by atoms with Gasteiger partial charge in [0, 0.05) is 5.39 Å². The van der Waals surface area contributed by atoms with Crippen LogP contribution in [-0.4, -0.2) is 15.2 Å². The van der Waals surface area contributed by atoms with Gasteiger partial charge in [-0.15, -0.1) is 9.94 Å². The van der Waals surface area contributed by atoms with Gasteiger partial charge >= 0.3 is 0 Å². The summed E-state index contributed by atoms with van der Waals surface area (Å²) in [6.07, 6.45) is 0. The average Bonchev–Trinajstić information content (AvgIpc) is 2.30. The third-order valence-corrected chi connectivity index (χ3v) is 1.80. The Balaban J connectivity index is 2.92. The van der Waals surface area contributed by atoms with Gasteiger partial charge in [0.2, 0.25) is 0 Å². The Morgan fingerprint density at radius 2 is 2.09 bits per heavy atom. The molecule has 3 heteroatoms. The molecular weight excluding hydrogens is 140 g/mol. The van der Waals surface area contributed by atoms with Gasteiger partial charge in [-0.1, -0.05) is 18.2 Å². The topological polar surface area (TPSA) is 38.0 Å². The van der Waals surface area contributed by atoms with Crippen LogP contribution in [-0.2, 0) is 0 Å². The fourth-order valence-corrected chi connectivity index (χ4v) is 1.15.